The summed E-state index contributed by atoms with van der Waals surface area (Å²) in [5.74, 6) is 7.44. The van der Waals surface area contributed by atoms with E-state index in [4.69, 9.17) is 0 Å². The highest BCUT2D eigenvalue weighted by Crippen LogP contribution is 2.56. The molecule has 0 nitrogen and oxygen atoms in total. The predicted octanol–water partition coefficient (Wildman–Crippen LogP) is 15.5. The summed E-state index contributed by atoms with van der Waals surface area (Å²) in [5, 5.41) is 0. The van der Waals surface area contributed by atoms with Gasteiger partial charge in [-0.1, -0.05) is 203 Å². The number of benzene rings is 4. The van der Waals surface area contributed by atoms with Crippen molar-refractivity contribution in [2.45, 2.75) is 167 Å². The smallest absolute Gasteiger partial charge is 0.0252 e. The van der Waals surface area contributed by atoms with Crippen LogP contribution in [-0.4, -0.2) is 0 Å². The van der Waals surface area contributed by atoms with Crippen molar-refractivity contribution in [3.05, 3.63) is 118 Å². The van der Waals surface area contributed by atoms with Crippen LogP contribution in [0.1, 0.15) is 189 Å². The fraction of sp³-hybridized carbons (Fsp3) is 0.500. The van der Waals surface area contributed by atoms with Crippen LogP contribution in [0.15, 0.2) is 84.9 Å². The summed E-state index contributed by atoms with van der Waals surface area (Å²) in [6, 6.07) is 33.0. The Hall–Kier alpha value is -3.56. The molecule has 0 fully saturated rings. The van der Waals surface area contributed by atoms with Crippen molar-refractivity contribution in [3.8, 4) is 34.1 Å². The standard InChI is InChI=1S/C52H66/c1-5-9-13-21-35-51(36-22-14-10-6-2)47-27-19-17-25-43(47)45-33-31-41(39-49(45)51)29-30-42-32-34-46-44-26-18-20-28-48(44)52(50(46)40-42,37-23-15-11-7-3)38-24-16-12-8-4/h17-20,25-28,31-34,39-40H,5-16,21-24,35-38H2,1-4H3. The van der Waals surface area contributed by atoms with Gasteiger partial charge in [-0.05, 0) is 94.5 Å². The van der Waals surface area contributed by atoms with Crippen LogP contribution in [0.2, 0.25) is 0 Å². The van der Waals surface area contributed by atoms with E-state index in [1.165, 1.54) is 162 Å². The van der Waals surface area contributed by atoms with Crippen molar-refractivity contribution in [1.82, 2.24) is 0 Å². The van der Waals surface area contributed by atoms with Crippen molar-refractivity contribution in [2.24, 2.45) is 0 Å². The van der Waals surface area contributed by atoms with Crippen LogP contribution in [-0.2, 0) is 10.8 Å². The molecule has 2 aliphatic rings. The number of unbranched alkanes of at least 4 members (excludes halogenated alkanes) is 12. The highest BCUT2D eigenvalue weighted by atomic mass is 14.5. The average Bonchev–Trinajstić information content (AvgIpc) is 3.61. The minimum Gasteiger partial charge on any atom is -0.0654 e. The molecule has 4 aromatic rings. The van der Waals surface area contributed by atoms with E-state index in [-0.39, 0.29) is 10.8 Å². The minimum absolute atomic E-state index is 0.0968. The van der Waals surface area contributed by atoms with Gasteiger partial charge in [0.15, 0.2) is 0 Å². The summed E-state index contributed by atoms with van der Waals surface area (Å²) in [5.41, 5.74) is 14.5. The number of rotatable bonds is 20. The first kappa shape index (κ1) is 38.2. The second-order valence-electron chi connectivity index (χ2n) is 16.3. The van der Waals surface area contributed by atoms with Crippen molar-refractivity contribution >= 4 is 0 Å². The van der Waals surface area contributed by atoms with Crippen LogP contribution in [0.3, 0.4) is 0 Å². The van der Waals surface area contributed by atoms with Gasteiger partial charge in [0.2, 0.25) is 0 Å². The van der Waals surface area contributed by atoms with Crippen LogP contribution in [0.5, 0.6) is 0 Å². The molecule has 0 unspecified atom stereocenters. The Morgan fingerprint density at radius 2 is 0.673 bits per heavy atom. The molecule has 0 spiro atoms. The molecule has 0 amide bonds. The third-order valence-corrected chi connectivity index (χ3v) is 12.7. The first-order valence-electron chi connectivity index (χ1n) is 21.6. The highest BCUT2D eigenvalue weighted by Gasteiger charge is 2.43. The summed E-state index contributed by atoms with van der Waals surface area (Å²) in [6.07, 6.45) is 25.9. The Bertz CT molecular complexity index is 1650. The molecule has 0 saturated carbocycles. The molecule has 0 atom stereocenters. The Kier molecular flexibility index (Phi) is 13.6. The van der Waals surface area contributed by atoms with Crippen molar-refractivity contribution in [1.29, 1.82) is 0 Å². The van der Waals surface area contributed by atoms with Crippen LogP contribution in [0.25, 0.3) is 22.3 Å². The highest BCUT2D eigenvalue weighted by molar-refractivity contribution is 5.83. The summed E-state index contributed by atoms with van der Waals surface area (Å²) in [7, 11) is 0. The van der Waals surface area contributed by atoms with E-state index in [9.17, 15) is 0 Å². The first-order chi connectivity index (χ1) is 25.6. The van der Waals surface area contributed by atoms with E-state index in [2.05, 4.69) is 124 Å². The van der Waals surface area contributed by atoms with E-state index in [0.29, 0.717) is 0 Å². The van der Waals surface area contributed by atoms with Crippen LogP contribution >= 0.6 is 0 Å². The van der Waals surface area contributed by atoms with Gasteiger partial charge in [0.1, 0.15) is 0 Å². The molecular weight excluding hydrogens is 625 g/mol. The van der Waals surface area contributed by atoms with E-state index >= 15 is 0 Å². The molecule has 0 saturated heterocycles. The summed E-state index contributed by atoms with van der Waals surface area (Å²) in [4.78, 5) is 0. The van der Waals surface area contributed by atoms with E-state index in [1.54, 1.807) is 11.1 Å². The lowest BCUT2D eigenvalue weighted by atomic mass is 9.70. The van der Waals surface area contributed by atoms with Gasteiger partial charge in [-0.25, -0.2) is 0 Å². The molecule has 0 bridgehead atoms. The Balaban J connectivity index is 1.36. The normalized spacial score (nSPS) is 14.3. The maximum absolute atomic E-state index is 3.72. The van der Waals surface area contributed by atoms with E-state index in [1.807, 2.05) is 0 Å². The molecule has 0 heteroatoms. The molecule has 274 valence electrons. The quantitative estimate of drug-likeness (QED) is 0.0640. The van der Waals surface area contributed by atoms with Crippen molar-refractivity contribution < 1.29 is 0 Å². The molecular formula is C52H66. The van der Waals surface area contributed by atoms with Gasteiger partial charge in [0, 0.05) is 22.0 Å². The maximum Gasteiger partial charge on any atom is 0.0252 e. The SMILES string of the molecule is CCCCCCC1(CCCCCC)c2ccccc2-c2ccc(C#Cc3ccc4c(c3)C(CCCCCC)(CCCCCC)c3ccccc3-4)cc21. The molecule has 0 radical (unpaired) electrons. The molecule has 2 aliphatic carbocycles. The molecule has 0 aliphatic heterocycles. The van der Waals surface area contributed by atoms with Crippen molar-refractivity contribution in [3.63, 3.8) is 0 Å². The van der Waals surface area contributed by atoms with Gasteiger partial charge < -0.3 is 0 Å². The average molecular weight is 691 g/mol. The second kappa shape index (κ2) is 18.5. The van der Waals surface area contributed by atoms with Gasteiger partial charge in [-0.2, -0.15) is 0 Å². The lowest BCUT2D eigenvalue weighted by Gasteiger charge is -2.33. The monoisotopic (exact) mass is 691 g/mol. The third kappa shape index (κ3) is 8.01. The minimum atomic E-state index is 0.0968. The van der Waals surface area contributed by atoms with Crippen LogP contribution in [0, 0.1) is 11.8 Å². The third-order valence-electron chi connectivity index (χ3n) is 12.7. The second-order valence-corrected chi connectivity index (χ2v) is 16.3. The molecule has 0 N–H and O–H groups in total. The Morgan fingerprint density at radius 1 is 0.346 bits per heavy atom. The number of hydrogen-bond donors (Lipinski definition) is 0. The van der Waals surface area contributed by atoms with Gasteiger partial charge in [-0.15, -0.1) is 0 Å². The van der Waals surface area contributed by atoms with Crippen LogP contribution < -0.4 is 0 Å². The number of fused-ring (bicyclic) bond motifs is 6. The summed E-state index contributed by atoms with van der Waals surface area (Å²) in [6.45, 7) is 9.30. The van der Waals surface area contributed by atoms with Gasteiger partial charge in [0.05, 0.1) is 0 Å². The fourth-order valence-electron chi connectivity index (χ4n) is 9.95. The van der Waals surface area contributed by atoms with Gasteiger partial charge >= 0.3 is 0 Å². The molecule has 4 aromatic carbocycles. The van der Waals surface area contributed by atoms with Gasteiger partial charge in [-0.3, -0.25) is 0 Å². The predicted molar refractivity (Wildman–Crippen MR) is 226 cm³/mol. The van der Waals surface area contributed by atoms with Crippen LogP contribution in [0.4, 0.5) is 0 Å². The van der Waals surface area contributed by atoms with Gasteiger partial charge in [0.25, 0.3) is 0 Å². The first-order valence-corrected chi connectivity index (χ1v) is 21.6. The lowest BCUT2D eigenvalue weighted by Crippen LogP contribution is -2.25. The number of hydrogen-bond acceptors (Lipinski definition) is 0. The zero-order chi connectivity index (χ0) is 36.2. The molecule has 6 rings (SSSR count). The summed E-state index contributed by atoms with van der Waals surface area (Å²) < 4.78 is 0. The zero-order valence-electron chi connectivity index (χ0n) is 33.2. The summed E-state index contributed by atoms with van der Waals surface area (Å²) >= 11 is 0. The Labute approximate surface area is 318 Å². The molecule has 52 heavy (non-hydrogen) atoms. The fourth-order valence-corrected chi connectivity index (χ4v) is 9.95. The van der Waals surface area contributed by atoms with E-state index in [0.717, 1.165) is 11.1 Å². The van der Waals surface area contributed by atoms with Crippen molar-refractivity contribution in [2.75, 3.05) is 0 Å². The topological polar surface area (TPSA) is 0 Å². The molecule has 0 heterocycles. The largest absolute Gasteiger partial charge is 0.0654 e. The maximum atomic E-state index is 3.72. The lowest BCUT2D eigenvalue weighted by molar-refractivity contribution is 0.401. The molecule has 0 aromatic heterocycles. The Morgan fingerprint density at radius 3 is 1.02 bits per heavy atom. The van der Waals surface area contributed by atoms with E-state index < -0.39 is 0 Å². The zero-order valence-corrected chi connectivity index (χ0v) is 33.2.